The molecule has 0 unspecified atom stereocenters. The van der Waals surface area contributed by atoms with E-state index in [0.717, 1.165) is 5.56 Å². The molecule has 0 aliphatic carbocycles. The lowest BCUT2D eigenvalue weighted by atomic mass is 10.1. The summed E-state index contributed by atoms with van der Waals surface area (Å²) in [6.45, 7) is -0.196. The molecule has 0 aromatic heterocycles. The Kier molecular flexibility index (Phi) is 8.13. The normalized spacial score (nSPS) is 11.6. The third kappa shape index (κ3) is 6.26. The van der Waals surface area contributed by atoms with Gasteiger partial charge in [0.1, 0.15) is 5.75 Å². The number of methoxy groups -OCH3 is 1. The van der Waals surface area contributed by atoms with E-state index in [4.69, 9.17) is 4.74 Å². The maximum Gasteiger partial charge on any atom is 0.255 e. The van der Waals surface area contributed by atoms with Crippen LogP contribution in [0.15, 0.2) is 94.9 Å². The van der Waals surface area contributed by atoms with Gasteiger partial charge in [0, 0.05) is 12.1 Å². The molecule has 0 spiro atoms. The van der Waals surface area contributed by atoms with E-state index in [9.17, 15) is 13.2 Å². The number of sulfonamides is 1. The van der Waals surface area contributed by atoms with Gasteiger partial charge in [0.05, 0.1) is 24.8 Å². The summed E-state index contributed by atoms with van der Waals surface area (Å²) < 4.78 is 32.7. The molecule has 7 nitrogen and oxygen atoms in total. The van der Waals surface area contributed by atoms with Gasteiger partial charge >= 0.3 is 0 Å². The van der Waals surface area contributed by atoms with Crippen molar-refractivity contribution in [3.63, 3.8) is 0 Å². The highest BCUT2D eigenvalue weighted by Gasteiger charge is 2.26. The Bertz CT molecular complexity index is 1150. The molecule has 0 heterocycles. The Hall–Kier alpha value is -3.49. The molecule has 0 aliphatic heterocycles. The Balaban J connectivity index is 1.72. The number of rotatable bonds is 10. The van der Waals surface area contributed by atoms with Crippen LogP contribution in [0.1, 0.15) is 11.1 Å². The first-order valence-electron chi connectivity index (χ1n) is 10.0. The van der Waals surface area contributed by atoms with Gasteiger partial charge < -0.3 is 4.74 Å². The Morgan fingerprint density at radius 3 is 2.28 bits per heavy atom. The van der Waals surface area contributed by atoms with Crippen molar-refractivity contribution in [2.24, 2.45) is 5.10 Å². The van der Waals surface area contributed by atoms with Crippen LogP contribution in [0.4, 0.5) is 0 Å². The highest BCUT2D eigenvalue weighted by molar-refractivity contribution is 7.89. The van der Waals surface area contributed by atoms with E-state index in [1.807, 2.05) is 42.5 Å². The average molecular weight is 452 g/mol. The van der Waals surface area contributed by atoms with Gasteiger partial charge in [-0.2, -0.15) is 9.41 Å². The van der Waals surface area contributed by atoms with Crippen LogP contribution in [0.2, 0.25) is 0 Å². The first kappa shape index (κ1) is 23.2. The number of benzene rings is 3. The fraction of sp³-hybridized carbons (Fsp3) is 0.167. The first-order chi connectivity index (χ1) is 15.5. The zero-order valence-corrected chi connectivity index (χ0v) is 18.5. The summed E-state index contributed by atoms with van der Waals surface area (Å²) in [6, 6.07) is 24.8. The molecule has 0 radical (unpaired) electrons. The smallest absolute Gasteiger partial charge is 0.255 e. The predicted octanol–water partition coefficient (Wildman–Crippen LogP) is 3.08. The largest absolute Gasteiger partial charge is 0.496 e. The minimum absolute atomic E-state index is 0.137. The Labute approximate surface area is 188 Å². The van der Waals surface area contributed by atoms with Crippen molar-refractivity contribution in [2.45, 2.75) is 11.3 Å². The monoisotopic (exact) mass is 451 g/mol. The lowest BCUT2D eigenvalue weighted by Gasteiger charge is -2.21. The fourth-order valence-electron chi connectivity index (χ4n) is 3.07. The average Bonchev–Trinajstić information content (AvgIpc) is 2.83. The third-order valence-electron chi connectivity index (χ3n) is 4.73. The van der Waals surface area contributed by atoms with E-state index in [2.05, 4.69) is 10.5 Å². The van der Waals surface area contributed by atoms with Crippen molar-refractivity contribution in [3.8, 4) is 5.75 Å². The molecular formula is C24H25N3O4S. The standard InChI is InChI=1S/C24H25N3O4S/c1-31-23-15-9-8-12-21(23)18-25-26-24(28)19-27(17-16-20-10-4-2-5-11-20)32(29,30)22-13-6-3-7-14-22/h2-15,18H,16-17,19H2,1H3,(H,26,28)/b25-18+. The number of hydrogen-bond acceptors (Lipinski definition) is 5. The summed E-state index contributed by atoms with van der Waals surface area (Å²) in [5.41, 5.74) is 4.07. The van der Waals surface area contributed by atoms with Crippen LogP contribution in [-0.2, 0) is 21.2 Å². The number of hydrazone groups is 1. The van der Waals surface area contributed by atoms with Gasteiger partial charge in [0.15, 0.2) is 0 Å². The molecule has 8 heteroatoms. The van der Waals surface area contributed by atoms with Gasteiger partial charge in [0.25, 0.3) is 5.91 Å². The summed E-state index contributed by atoms with van der Waals surface area (Å²) in [6.07, 6.45) is 1.93. The van der Waals surface area contributed by atoms with Crippen LogP contribution in [0.3, 0.4) is 0 Å². The molecule has 0 aliphatic rings. The second-order valence-corrected chi connectivity index (χ2v) is 8.86. The van der Waals surface area contributed by atoms with Crippen molar-refractivity contribution < 1.29 is 17.9 Å². The molecular weight excluding hydrogens is 426 g/mol. The van der Waals surface area contributed by atoms with Crippen LogP contribution in [0, 0.1) is 0 Å². The summed E-state index contributed by atoms with van der Waals surface area (Å²) in [5, 5.41) is 3.95. The van der Waals surface area contributed by atoms with Gasteiger partial charge in [-0.05, 0) is 36.2 Å². The van der Waals surface area contributed by atoms with Crippen molar-refractivity contribution in [1.29, 1.82) is 0 Å². The van der Waals surface area contributed by atoms with E-state index < -0.39 is 15.9 Å². The van der Waals surface area contributed by atoms with Crippen LogP contribution < -0.4 is 10.2 Å². The maximum atomic E-state index is 13.2. The number of amides is 1. The van der Waals surface area contributed by atoms with Gasteiger partial charge in [-0.25, -0.2) is 13.8 Å². The molecule has 0 atom stereocenters. The molecule has 0 saturated heterocycles. The summed E-state index contributed by atoms with van der Waals surface area (Å²) in [5.74, 6) is 0.0744. The molecule has 32 heavy (non-hydrogen) atoms. The minimum atomic E-state index is -3.85. The zero-order valence-electron chi connectivity index (χ0n) is 17.7. The zero-order chi connectivity index (χ0) is 22.8. The number of carbonyl (C=O) groups is 1. The molecule has 0 saturated carbocycles. The topological polar surface area (TPSA) is 88.1 Å². The third-order valence-corrected chi connectivity index (χ3v) is 6.58. The highest BCUT2D eigenvalue weighted by Crippen LogP contribution is 2.16. The number of para-hydroxylation sites is 1. The second-order valence-electron chi connectivity index (χ2n) is 6.92. The van der Waals surface area contributed by atoms with E-state index in [1.54, 1.807) is 37.4 Å². The first-order valence-corrected chi connectivity index (χ1v) is 11.5. The molecule has 3 rings (SSSR count). The van der Waals surface area contributed by atoms with Crippen molar-refractivity contribution in [2.75, 3.05) is 20.2 Å². The summed E-state index contributed by atoms with van der Waals surface area (Å²) in [4.78, 5) is 12.7. The molecule has 3 aromatic rings. The van der Waals surface area contributed by atoms with Gasteiger partial charge in [-0.15, -0.1) is 0 Å². The van der Waals surface area contributed by atoms with E-state index in [-0.39, 0.29) is 18.0 Å². The lowest BCUT2D eigenvalue weighted by Crippen LogP contribution is -2.40. The highest BCUT2D eigenvalue weighted by atomic mass is 32.2. The predicted molar refractivity (Wildman–Crippen MR) is 124 cm³/mol. The number of nitrogens with one attached hydrogen (secondary N) is 1. The number of nitrogens with zero attached hydrogens (tertiary/aromatic N) is 2. The van der Waals surface area contributed by atoms with Crippen LogP contribution in [0.25, 0.3) is 0 Å². The van der Waals surface area contributed by atoms with E-state index in [1.165, 1.54) is 22.7 Å². The number of hydrogen-bond donors (Lipinski definition) is 1. The van der Waals surface area contributed by atoms with Gasteiger partial charge in [0.2, 0.25) is 10.0 Å². The Morgan fingerprint density at radius 2 is 1.59 bits per heavy atom. The molecule has 0 fully saturated rings. The molecule has 3 aromatic carbocycles. The van der Waals surface area contributed by atoms with Crippen molar-refractivity contribution >= 4 is 22.1 Å². The fourth-order valence-corrected chi connectivity index (χ4v) is 4.48. The van der Waals surface area contributed by atoms with Crippen LogP contribution in [0.5, 0.6) is 5.75 Å². The van der Waals surface area contributed by atoms with E-state index >= 15 is 0 Å². The number of carbonyl (C=O) groups excluding carboxylic acids is 1. The maximum absolute atomic E-state index is 13.2. The Morgan fingerprint density at radius 1 is 0.969 bits per heavy atom. The SMILES string of the molecule is COc1ccccc1/C=N/NC(=O)CN(CCc1ccccc1)S(=O)(=O)c1ccccc1. The van der Waals surface area contributed by atoms with Crippen LogP contribution >= 0.6 is 0 Å². The van der Waals surface area contributed by atoms with Crippen LogP contribution in [-0.4, -0.2) is 45.0 Å². The molecule has 166 valence electrons. The minimum Gasteiger partial charge on any atom is -0.496 e. The summed E-state index contributed by atoms with van der Waals surface area (Å²) in [7, 11) is -2.31. The lowest BCUT2D eigenvalue weighted by molar-refractivity contribution is -0.121. The van der Waals surface area contributed by atoms with Gasteiger partial charge in [-0.1, -0.05) is 60.7 Å². The van der Waals surface area contributed by atoms with Crippen molar-refractivity contribution in [1.82, 2.24) is 9.73 Å². The van der Waals surface area contributed by atoms with Gasteiger partial charge in [-0.3, -0.25) is 4.79 Å². The molecule has 0 bridgehead atoms. The molecule has 1 N–H and O–H groups in total. The van der Waals surface area contributed by atoms with E-state index in [0.29, 0.717) is 17.7 Å². The number of ether oxygens (including phenoxy) is 1. The quantitative estimate of drug-likeness (QED) is 0.379. The van der Waals surface area contributed by atoms with Crippen molar-refractivity contribution in [3.05, 3.63) is 96.1 Å². The second kappa shape index (κ2) is 11.2. The molecule has 1 amide bonds. The summed E-state index contributed by atoms with van der Waals surface area (Å²) >= 11 is 0.